The predicted octanol–water partition coefficient (Wildman–Crippen LogP) is 5.43. The summed E-state index contributed by atoms with van der Waals surface area (Å²) in [6.07, 6.45) is 5.45. The highest BCUT2D eigenvalue weighted by molar-refractivity contribution is 7.07. The van der Waals surface area contributed by atoms with Gasteiger partial charge >= 0.3 is 0 Å². The second-order valence-electron chi connectivity index (χ2n) is 5.37. The predicted molar refractivity (Wildman–Crippen MR) is 97.4 cm³/mol. The molecule has 0 fully saturated rings. The minimum Gasteiger partial charge on any atom is -0.487 e. The van der Waals surface area contributed by atoms with Gasteiger partial charge in [-0.1, -0.05) is 12.1 Å². The highest BCUT2D eigenvalue weighted by Crippen LogP contribution is 2.27. The Morgan fingerprint density at radius 1 is 1.33 bits per heavy atom. The molecular weight excluding hydrogens is 320 g/mol. The van der Waals surface area contributed by atoms with Gasteiger partial charge in [0.2, 0.25) is 0 Å². The number of furan rings is 1. The minimum atomic E-state index is 0.104. The number of benzene rings is 1. The molecule has 4 nitrogen and oxygen atoms in total. The lowest BCUT2D eigenvalue weighted by molar-refractivity contribution is 0.302. The number of nitrogens with zero attached hydrogens (tertiary/aromatic N) is 1. The number of allylic oxidation sites excluding steroid dienone is 1. The summed E-state index contributed by atoms with van der Waals surface area (Å²) in [7, 11) is 0. The average molecular weight is 340 g/mol. The molecule has 1 N–H and O–H groups in total. The van der Waals surface area contributed by atoms with E-state index in [1.807, 2.05) is 53.4 Å². The Kier molecular flexibility index (Phi) is 5.69. The van der Waals surface area contributed by atoms with Crippen LogP contribution in [0.15, 0.2) is 70.6 Å². The summed E-state index contributed by atoms with van der Waals surface area (Å²) in [5.41, 5.74) is 3.75. The zero-order chi connectivity index (χ0) is 16.6. The first-order valence-corrected chi connectivity index (χ1v) is 8.80. The van der Waals surface area contributed by atoms with Gasteiger partial charge in [-0.05, 0) is 37.1 Å². The second kappa shape index (κ2) is 8.36. The highest BCUT2D eigenvalue weighted by atomic mass is 32.1. The average Bonchev–Trinajstić information content (AvgIpc) is 3.30. The maximum atomic E-state index is 5.81. The zero-order valence-corrected chi connectivity index (χ0v) is 14.2. The molecular formula is C19H20N2O2S. The Balaban J connectivity index is 1.66. The van der Waals surface area contributed by atoms with Gasteiger partial charge in [-0.25, -0.2) is 4.98 Å². The van der Waals surface area contributed by atoms with Crippen molar-refractivity contribution in [1.82, 2.24) is 4.98 Å². The first-order chi connectivity index (χ1) is 11.8. The van der Waals surface area contributed by atoms with E-state index in [2.05, 4.69) is 16.9 Å². The smallest absolute Gasteiger partial charge is 0.131 e. The summed E-state index contributed by atoms with van der Waals surface area (Å²) in [5.74, 6) is 1.74. The molecule has 5 heteroatoms. The van der Waals surface area contributed by atoms with Gasteiger partial charge in [0, 0.05) is 17.1 Å². The molecule has 0 saturated heterocycles. The third kappa shape index (κ3) is 4.49. The molecule has 0 spiro atoms. The molecule has 1 aromatic carbocycles. The van der Waals surface area contributed by atoms with Gasteiger partial charge < -0.3 is 14.5 Å². The summed E-state index contributed by atoms with van der Waals surface area (Å²) in [5, 5.41) is 5.51. The van der Waals surface area contributed by atoms with E-state index in [1.54, 1.807) is 17.6 Å². The number of thiazole rings is 1. The van der Waals surface area contributed by atoms with Crippen LogP contribution in [0, 0.1) is 0 Å². The van der Waals surface area contributed by atoms with E-state index in [-0.39, 0.29) is 6.04 Å². The molecule has 2 aromatic heterocycles. The Labute approximate surface area is 145 Å². The standard InChI is InChI=1S/C19H20N2O2S/c1-2-3-8-18(19-9-5-10-22-19)21-15-6-4-7-17(11-15)23-12-16-13-24-14-20-16/h2,4-7,9-11,13-14,18,21H,1,3,8,12H2/t18-/m0/s1. The summed E-state index contributed by atoms with van der Waals surface area (Å²) < 4.78 is 11.4. The van der Waals surface area contributed by atoms with E-state index >= 15 is 0 Å². The Hall–Kier alpha value is -2.53. The number of rotatable bonds is 9. The van der Waals surface area contributed by atoms with E-state index in [0.717, 1.165) is 35.7 Å². The lowest BCUT2D eigenvalue weighted by atomic mass is 10.1. The van der Waals surface area contributed by atoms with Crippen LogP contribution in [-0.2, 0) is 6.61 Å². The zero-order valence-electron chi connectivity index (χ0n) is 13.4. The molecule has 0 aliphatic carbocycles. The van der Waals surface area contributed by atoms with Crippen molar-refractivity contribution in [3.8, 4) is 5.75 Å². The van der Waals surface area contributed by atoms with Crippen LogP contribution in [0.2, 0.25) is 0 Å². The van der Waals surface area contributed by atoms with E-state index in [9.17, 15) is 0 Å². The quantitative estimate of drug-likeness (QED) is 0.527. The number of anilines is 1. The first-order valence-electron chi connectivity index (χ1n) is 7.86. The number of ether oxygens (including phenoxy) is 1. The second-order valence-corrected chi connectivity index (χ2v) is 6.09. The van der Waals surface area contributed by atoms with Crippen LogP contribution in [0.1, 0.15) is 30.3 Å². The van der Waals surface area contributed by atoms with Gasteiger partial charge in [0.05, 0.1) is 23.5 Å². The first kappa shape index (κ1) is 16.3. The van der Waals surface area contributed by atoms with Gasteiger partial charge in [-0.3, -0.25) is 0 Å². The summed E-state index contributed by atoms with van der Waals surface area (Å²) >= 11 is 1.57. The molecule has 0 amide bonds. The molecule has 1 atom stereocenters. The molecule has 124 valence electrons. The van der Waals surface area contributed by atoms with Crippen LogP contribution in [-0.4, -0.2) is 4.98 Å². The molecule has 3 aromatic rings. The van der Waals surface area contributed by atoms with Crippen LogP contribution in [0.3, 0.4) is 0 Å². The fraction of sp³-hybridized carbons (Fsp3) is 0.211. The van der Waals surface area contributed by atoms with Gasteiger partial charge in [0.1, 0.15) is 18.1 Å². The van der Waals surface area contributed by atoms with Crippen molar-refractivity contribution in [2.75, 3.05) is 5.32 Å². The van der Waals surface area contributed by atoms with Crippen LogP contribution in [0.25, 0.3) is 0 Å². The highest BCUT2D eigenvalue weighted by Gasteiger charge is 2.13. The van der Waals surface area contributed by atoms with Crippen LogP contribution in [0.4, 0.5) is 5.69 Å². The van der Waals surface area contributed by atoms with E-state index < -0.39 is 0 Å². The van der Waals surface area contributed by atoms with Crippen molar-refractivity contribution in [2.24, 2.45) is 0 Å². The van der Waals surface area contributed by atoms with Gasteiger partial charge in [-0.15, -0.1) is 17.9 Å². The lowest BCUT2D eigenvalue weighted by Crippen LogP contribution is -2.10. The van der Waals surface area contributed by atoms with E-state index in [1.165, 1.54) is 0 Å². The van der Waals surface area contributed by atoms with Gasteiger partial charge in [0.15, 0.2) is 0 Å². The molecule has 0 unspecified atom stereocenters. The van der Waals surface area contributed by atoms with Crippen LogP contribution in [0.5, 0.6) is 5.75 Å². The third-order valence-corrected chi connectivity index (χ3v) is 4.23. The molecule has 0 aliphatic rings. The maximum Gasteiger partial charge on any atom is 0.131 e. The minimum absolute atomic E-state index is 0.104. The molecule has 0 bridgehead atoms. The van der Waals surface area contributed by atoms with Gasteiger partial charge in [-0.2, -0.15) is 0 Å². The fourth-order valence-corrected chi connectivity index (χ4v) is 2.95. The van der Waals surface area contributed by atoms with Crippen LogP contribution < -0.4 is 10.1 Å². The molecule has 0 radical (unpaired) electrons. The maximum absolute atomic E-state index is 5.81. The Morgan fingerprint density at radius 3 is 3.04 bits per heavy atom. The number of hydrogen-bond acceptors (Lipinski definition) is 5. The molecule has 0 aliphatic heterocycles. The van der Waals surface area contributed by atoms with Crippen molar-refractivity contribution in [3.05, 3.63) is 77.7 Å². The van der Waals surface area contributed by atoms with Crippen LogP contribution >= 0.6 is 11.3 Å². The molecule has 2 heterocycles. The monoisotopic (exact) mass is 340 g/mol. The number of nitrogens with one attached hydrogen (secondary N) is 1. The van der Waals surface area contributed by atoms with Crippen molar-refractivity contribution in [1.29, 1.82) is 0 Å². The van der Waals surface area contributed by atoms with Crippen molar-refractivity contribution < 1.29 is 9.15 Å². The third-order valence-electron chi connectivity index (χ3n) is 3.59. The van der Waals surface area contributed by atoms with Crippen molar-refractivity contribution in [3.63, 3.8) is 0 Å². The normalized spacial score (nSPS) is 11.8. The van der Waals surface area contributed by atoms with E-state index in [0.29, 0.717) is 6.61 Å². The largest absolute Gasteiger partial charge is 0.487 e. The van der Waals surface area contributed by atoms with E-state index in [4.69, 9.17) is 9.15 Å². The topological polar surface area (TPSA) is 47.3 Å². The number of aromatic nitrogens is 1. The van der Waals surface area contributed by atoms with Gasteiger partial charge in [0.25, 0.3) is 0 Å². The molecule has 24 heavy (non-hydrogen) atoms. The number of hydrogen-bond donors (Lipinski definition) is 1. The Bertz CT molecular complexity index is 739. The molecule has 0 saturated carbocycles. The van der Waals surface area contributed by atoms with Crippen molar-refractivity contribution in [2.45, 2.75) is 25.5 Å². The Morgan fingerprint density at radius 2 is 2.29 bits per heavy atom. The summed E-state index contributed by atoms with van der Waals surface area (Å²) in [4.78, 5) is 4.23. The lowest BCUT2D eigenvalue weighted by Gasteiger charge is -2.18. The SMILES string of the molecule is C=CCC[C@H](Nc1cccc(OCc2cscn2)c1)c1ccco1. The van der Waals surface area contributed by atoms with Crippen molar-refractivity contribution >= 4 is 17.0 Å². The fourth-order valence-electron chi connectivity index (χ4n) is 2.40. The summed E-state index contributed by atoms with van der Waals surface area (Å²) in [6.45, 7) is 4.28. The summed E-state index contributed by atoms with van der Waals surface area (Å²) in [6, 6.07) is 11.9. The molecule has 3 rings (SSSR count).